The molecule has 13 heavy (non-hydrogen) atoms. The standard InChI is InChI=1S/C10H13N3/c1-8(2)9-5-3-4-6-13-10(9)7-11-12-13/h4-8H,3H2,1-2H3. The van der Waals surface area contributed by atoms with Crippen LogP contribution in [0.4, 0.5) is 0 Å². The molecule has 0 aliphatic carbocycles. The van der Waals surface area contributed by atoms with Crippen LogP contribution in [-0.4, -0.2) is 15.0 Å². The van der Waals surface area contributed by atoms with Crippen LogP contribution in [-0.2, 0) is 0 Å². The number of nitrogens with zero attached hydrogens (tertiary/aromatic N) is 3. The Morgan fingerprint density at radius 1 is 1.46 bits per heavy atom. The molecule has 3 nitrogen and oxygen atoms in total. The number of hydrogen-bond donors (Lipinski definition) is 0. The van der Waals surface area contributed by atoms with Crippen molar-refractivity contribution in [2.75, 3.05) is 0 Å². The van der Waals surface area contributed by atoms with Crippen molar-refractivity contribution in [1.82, 2.24) is 15.0 Å². The number of hydrogen-bond acceptors (Lipinski definition) is 2. The maximum Gasteiger partial charge on any atom is 0.0896 e. The summed E-state index contributed by atoms with van der Waals surface area (Å²) < 4.78 is 1.83. The average Bonchev–Trinajstić information content (AvgIpc) is 2.44. The van der Waals surface area contributed by atoms with Gasteiger partial charge in [-0.25, -0.2) is 4.68 Å². The molecular weight excluding hydrogens is 162 g/mol. The van der Waals surface area contributed by atoms with Crippen molar-refractivity contribution in [1.29, 1.82) is 0 Å². The summed E-state index contributed by atoms with van der Waals surface area (Å²) in [5.74, 6) is 0.525. The van der Waals surface area contributed by atoms with Gasteiger partial charge in [-0.15, -0.1) is 5.10 Å². The van der Waals surface area contributed by atoms with E-state index < -0.39 is 0 Å². The summed E-state index contributed by atoms with van der Waals surface area (Å²) in [5.41, 5.74) is 2.44. The number of allylic oxidation sites excluding steroid dienone is 3. The van der Waals surface area contributed by atoms with Crippen molar-refractivity contribution in [2.24, 2.45) is 5.92 Å². The molecule has 0 saturated heterocycles. The third-order valence-corrected chi connectivity index (χ3v) is 2.21. The minimum absolute atomic E-state index is 0.525. The highest BCUT2D eigenvalue weighted by Crippen LogP contribution is 2.24. The third-order valence-electron chi connectivity index (χ3n) is 2.21. The Hall–Kier alpha value is -1.38. The first-order chi connectivity index (χ1) is 6.29. The van der Waals surface area contributed by atoms with Crippen molar-refractivity contribution in [3.8, 4) is 0 Å². The lowest BCUT2D eigenvalue weighted by Gasteiger charge is -2.08. The minimum atomic E-state index is 0.525. The highest BCUT2D eigenvalue weighted by atomic mass is 15.4. The fourth-order valence-corrected chi connectivity index (χ4v) is 1.55. The quantitative estimate of drug-likeness (QED) is 0.655. The monoisotopic (exact) mass is 175 g/mol. The van der Waals surface area contributed by atoms with Gasteiger partial charge in [0.2, 0.25) is 0 Å². The largest absolute Gasteiger partial charge is 0.221 e. The zero-order valence-corrected chi connectivity index (χ0v) is 7.94. The van der Waals surface area contributed by atoms with Crippen LogP contribution in [0.25, 0.3) is 11.8 Å². The molecule has 1 aliphatic rings. The number of fused-ring (bicyclic) bond motifs is 1. The van der Waals surface area contributed by atoms with Crippen LogP contribution in [0.5, 0.6) is 0 Å². The first-order valence-corrected chi connectivity index (χ1v) is 4.56. The normalized spacial score (nSPS) is 15.5. The SMILES string of the molecule is CC(C)C1=CCC=Cn2nncc21. The molecule has 0 amide bonds. The topological polar surface area (TPSA) is 30.7 Å². The first-order valence-electron chi connectivity index (χ1n) is 4.56. The van der Waals surface area contributed by atoms with Gasteiger partial charge >= 0.3 is 0 Å². The van der Waals surface area contributed by atoms with Crippen LogP contribution >= 0.6 is 0 Å². The van der Waals surface area contributed by atoms with Crippen LogP contribution in [0.1, 0.15) is 26.0 Å². The molecule has 1 aliphatic heterocycles. The van der Waals surface area contributed by atoms with E-state index in [1.54, 1.807) is 0 Å². The van der Waals surface area contributed by atoms with Gasteiger partial charge in [-0.2, -0.15) is 0 Å². The maximum atomic E-state index is 3.99. The molecule has 2 rings (SSSR count). The summed E-state index contributed by atoms with van der Waals surface area (Å²) in [5, 5.41) is 7.89. The Balaban J connectivity index is 2.50. The van der Waals surface area contributed by atoms with Gasteiger partial charge in [-0.1, -0.05) is 31.2 Å². The molecule has 3 heteroatoms. The number of aromatic nitrogens is 3. The van der Waals surface area contributed by atoms with Gasteiger partial charge in [0.15, 0.2) is 0 Å². The van der Waals surface area contributed by atoms with E-state index in [2.05, 4.69) is 36.3 Å². The lowest BCUT2D eigenvalue weighted by molar-refractivity contribution is 0.805. The van der Waals surface area contributed by atoms with Crippen molar-refractivity contribution < 1.29 is 0 Å². The smallest absolute Gasteiger partial charge is 0.0896 e. The van der Waals surface area contributed by atoms with Crippen LogP contribution in [0.2, 0.25) is 0 Å². The van der Waals surface area contributed by atoms with Gasteiger partial charge in [0, 0.05) is 6.20 Å². The summed E-state index contributed by atoms with van der Waals surface area (Å²) in [6.07, 6.45) is 9.10. The van der Waals surface area contributed by atoms with Crippen molar-refractivity contribution in [3.63, 3.8) is 0 Å². The molecule has 1 aromatic rings. The van der Waals surface area contributed by atoms with Crippen molar-refractivity contribution in [2.45, 2.75) is 20.3 Å². The van der Waals surface area contributed by atoms with Crippen LogP contribution < -0.4 is 0 Å². The van der Waals surface area contributed by atoms with Gasteiger partial charge in [-0.3, -0.25) is 0 Å². The highest BCUT2D eigenvalue weighted by Gasteiger charge is 2.12. The van der Waals surface area contributed by atoms with E-state index >= 15 is 0 Å². The Labute approximate surface area is 77.8 Å². The predicted octanol–water partition coefficient (Wildman–Crippen LogP) is 2.19. The molecular formula is C10H13N3. The van der Waals surface area contributed by atoms with Gasteiger partial charge in [0.05, 0.1) is 11.9 Å². The van der Waals surface area contributed by atoms with Crippen LogP contribution in [0.3, 0.4) is 0 Å². The number of rotatable bonds is 1. The molecule has 0 unspecified atom stereocenters. The molecule has 0 radical (unpaired) electrons. The van der Waals surface area contributed by atoms with Crippen molar-refractivity contribution >= 4 is 11.8 Å². The molecule has 0 aromatic carbocycles. The summed E-state index contributed by atoms with van der Waals surface area (Å²) >= 11 is 0. The third kappa shape index (κ3) is 1.41. The van der Waals surface area contributed by atoms with Crippen LogP contribution in [0, 0.1) is 5.92 Å². The van der Waals surface area contributed by atoms with E-state index in [1.807, 2.05) is 17.1 Å². The molecule has 0 spiro atoms. The van der Waals surface area contributed by atoms with Crippen molar-refractivity contribution in [3.05, 3.63) is 24.0 Å². The Kier molecular flexibility index (Phi) is 2.00. The van der Waals surface area contributed by atoms with E-state index in [-0.39, 0.29) is 0 Å². The molecule has 2 heterocycles. The Morgan fingerprint density at radius 3 is 3.08 bits per heavy atom. The summed E-state index contributed by atoms with van der Waals surface area (Å²) in [7, 11) is 0. The highest BCUT2D eigenvalue weighted by molar-refractivity contribution is 5.66. The molecule has 0 bridgehead atoms. The second kappa shape index (κ2) is 3.17. The molecule has 0 N–H and O–H groups in total. The van der Waals surface area contributed by atoms with Gasteiger partial charge in [0.25, 0.3) is 0 Å². The van der Waals surface area contributed by atoms with E-state index in [1.165, 1.54) is 5.57 Å². The summed E-state index contributed by atoms with van der Waals surface area (Å²) in [4.78, 5) is 0. The average molecular weight is 175 g/mol. The molecule has 0 saturated carbocycles. The molecule has 0 fully saturated rings. The van der Waals surface area contributed by atoms with E-state index in [9.17, 15) is 0 Å². The fourth-order valence-electron chi connectivity index (χ4n) is 1.55. The maximum absolute atomic E-state index is 3.99. The minimum Gasteiger partial charge on any atom is -0.221 e. The van der Waals surface area contributed by atoms with E-state index in [0.29, 0.717) is 5.92 Å². The Morgan fingerprint density at radius 2 is 2.31 bits per heavy atom. The lowest BCUT2D eigenvalue weighted by Crippen LogP contribution is -1.99. The zero-order valence-electron chi connectivity index (χ0n) is 7.94. The van der Waals surface area contributed by atoms with E-state index in [0.717, 1.165) is 12.1 Å². The second-order valence-electron chi connectivity index (χ2n) is 3.50. The fraction of sp³-hybridized carbons (Fsp3) is 0.400. The summed E-state index contributed by atoms with van der Waals surface area (Å²) in [6.45, 7) is 4.38. The molecule has 0 atom stereocenters. The lowest BCUT2D eigenvalue weighted by atomic mass is 10.00. The van der Waals surface area contributed by atoms with Gasteiger partial charge in [-0.05, 0) is 17.9 Å². The van der Waals surface area contributed by atoms with Crippen LogP contribution in [0.15, 0.2) is 18.3 Å². The second-order valence-corrected chi connectivity index (χ2v) is 3.50. The van der Waals surface area contributed by atoms with Gasteiger partial charge in [0.1, 0.15) is 0 Å². The van der Waals surface area contributed by atoms with Gasteiger partial charge < -0.3 is 0 Å². The molecule has 68 valence electrons. The predicted molar refractivity (Wildman–Crippen MR) is 52.8 cm³/mol. The summed E-state index contributed by atoms with van der Waals surface area (Å²) in [6, 6.07) is 0. The van der Waals surface area contributed by atoms with E-state index in [4.69, 9.17) is 0 Å². The Bertz CT molecular complexity index is 358. The first kappa shape index (κ1) is 8.23. The zero-order chi connectivity index (χ0) is 9.26. The molecule has 1 aromatic heterocycles.